The number of aliphatic hydroxyl groups excluding tert-OH is 4. The number of amides is 11. The number of rotatable bonds is 39. The van der Waals surface area contributed by atoms with Gasteiger partial charge < -0.3 is 117 Å². The third-order valence-electron chi connectivity index (χ3n) is 12.4. The number of hydrogen-bond donors (Lipinski definition) is 21. The Hall–Kier alpha value is -8.39. The molecule has 0 aliphatic carbocycles. The van der Waals surface area contributed by atoms with Crippen LogP contribution in [0.4, 0.5) is 0 Å². The van der Waals surface area contributed by atoms with Crippen LogP contribution in [-0.2, 0) is 67.1 Å². The molecule has 1 heterocycles. The van der Waals surface area contributed by atoms with Crippen molar-refractivity contribution in [3.63, 3.8) is 0 Å². The lowest BCUT2D eigenvalue weighted by atomic mass is 10.1. The highest BCUT2D eigenvalue weighted by atomic mass is 16.4. The summed E-state index contributed by atoms with van der Waals surface area (Å²) in [6, 6.07) is -16.2. The topological polar surface area (TPSA) is 621 Å². The average molecular weight is 1210 g/mol. The minimum absolute atomic E-state index is 0.0182. The van der Waals surface area contributed by atoms with E-state index in [1.165, 1.54) is 0 Å². The van der Waals surface area contributed by atoms with Gasteiger partial charge in [-0.2, -0.15) is 0 Å². The maximum Gasteiger partial charge on any atom is 0.326 e. The zero-order valence-corrected chi connectivity index (χ0v) is 46.5. The molecule has 1 fully saturated rings. The Kier molecular flexibility index (Phi) is 33.0. The molecule has 0 aromatic carbocycles. The molecule has 0 aromatic rings. The first-order valence-corrected chi connectivity index (χ1v) is 26.4. The van der Waals surface area contributed by atoms with Crippen molar-refractivity contribution >= 4 is 88.8 Å². The molecule has 0 bridgehead atoms. The lowest BCUT2D eigenvalue weighted by molar-refractivity contribution is -0.147. The van der Waals surface area contributed by atoms with Crippen LogP contribution in [0.2, 0.25) is 0 Å². The summed E-state index contributed by atoms with van der Waals surface area (Å²) >= 11 is 0. The fourth-order valence-electron chi connectivity index (χ4n) is 7.80. The van der Waals surface area contributed by atoms with Crippen LogP contribution in [0.15, 0.2) is 4.99 Å². The zero-order chi connectivity index (χ0) is 64.0. The van der Waals surface area contributed by atoms with Crippen LogP contribution in [0, 0.1) is 0 Å². The van der Waals surface area contributed by atoms with Crippen molar-refractivity contribution in [2.45, 2.75) is 158 Å². The van der Waals surface area contributed by atoms with Gasteiger partial charge in [-0.25, -0.2) is 4.79 Å². The van der Waals surface area contributed by atoms with Crippen molar-refractivity contribution in [3.8, 4) is 0 Å². The second-order valence-electron chi connectivity index (χ2n) is 19.3. The summed E-state index contributed by atoms with van der Waals surface area (Å²) in [6.07, 6.45) is -4.15. The molecule has 12 atom stereocenters. The van der Waals surface area contributed by atoms with Gasteiger partial charge in [-0.3, -0.25) is 67.3 Å². The molecule has 474 valence electrons. The fraction of sp³-hybridized carbons (Fsp3) is 0.681. The molecule has 1 aliphatic heterocycles. The second-order valence-corrected chi connectivity index (χ2v) is 19.3. The third kappa shape index (κ3) is 26.7. The number of guanidine groups is 1. The molecule has 37 nitrogen and oxygen atoms in total. The normalized spacial score (nSPS) is 16.7. The van der Waals surface area contributed by atoms with Crippen molar-refractivity contribution in [2.75, 3.05) is 45.9 Å². The quantitative estimate of drug-likeness (QED) is 0.0154. The van der Waals surface area contributed by atoms with Crippen molar-refractivity contribution < 1.29 is 103 Å². The Labute approximate surface area is 480 Å². The highest BCUT2D eigenvalue weighted by Gasteiger charge is 2.41. The largest absolute Gasteiger partial charge is 0.481 e. The average Bonchev–Trinajstić information content (AvgIpc) is 4.03. The van der Waals surface area contributed by atoms with Gasteiger partial charge >= 0.3 is 17.9 Å². The van der Waals surface area contributed by atoms with Crippen LogP contribution < -0.4 is 76.1 Å². The summed E-state index contributed by atoms with van der Waals surface area (Å²) in [5.74, 6) is -16.9. The number of carboxylic acid groups (broad SMARTS) is 3. The number of carbonyl (C=O) groups is 14. The van der Waals surface area contributed by atoms with Gasteiger partial charge in [0.05, 0.1) is 51.0 Å². The first-order valence-electron chi connectivity index (χ1n) is 26.4. The summed E-state index contributed by atoms with van der Waals surface area (Å²) in [7, 11) is 0. The lowest BCUT2D eigenvalue weighted by Crippen LogP contribution is -2.61. The molecule has 1 rings (SSSR count). The van der Waals surface area contributed by atoms with Gasteiger partial charge in [0.15, 0.2) is 5.96 Å². The van der Waals surface area contributed by atoms with Crippen LogP contribution in [0.3, 0.4) is 0 Å². The third-order valence-corrected chi connectivity index (χ3v) is 12.4. The SMILES string of the molecule is C[C@H](NC(=O)CNC(=O)[C@@H](NC(=O)CNC(=O)[C@H](CO)NC(=O)[C@H](CO)NC(=O)[C@@H](NC(=O)[C@@H](N)CCCCN)[C@@H](C)O)[C@@H](C)O)C(=O)N[C@@H](CCC(=O)O)C(=O)N[C@@H](CC(=O)O)C(=O)N1CCC[C@H]1C(=O)N[C@@H](CCCN=C(N)N)C(=O)O. The number of nitrogens with two attached hydrogens (primary N) is 4. The summed E-state index contributed by atoms with van der Waals surface area (Å²) in [4.78, 5) is 184. The number of hydrogen-bond acceptors (Lipinski definition) is 21. The number of likely N-dealkylation sites (tertiary alicyclic amines) is 1. The maximum absolute atomic E-state index is 13.8. The van der Waals surface area contributed by atoms with Gasteiger partial charge in [-0.15, -0.1) is 0 Å². The molecule has 0 unspecified atom stereocenters. The first kappa shape index (κ1) is 73.6. The van der Waals surface area contributed by atoms with Gasteiger partial charge in [0.25, 0.3) is 0 Å². The van der Waals surface area contributed by atoms with E-state index in [9.17, 15) is 103 Å². The molecule has 0 radical (unpaired) electrons. The molecule has 37 heteroatoms. The van der Waals surface area contributed by atoms with Gasteiger partial charge in [0.1, 0.15) is 54.4 Å². The zero-order valence-electron chi connectivity index (χ0n) is 46.5. The molecular weight excluding hydrogens is 1120 g/mol. The van der Waals surface area contributed by atoms with Gasteiger partial charge in [0, 0.05) is 19.5 Å². The molecule has 25 N–H and O–H groups in total. The number of aliphatic hydroxyl groups is 4. The maximum atomic E-state index is 13.8. The minimum atomic E-state index is -1.91. The van der Waals surface area contributed by atoms with Crippen LogP contribution in [0.1, 0.15) is 85.0 Å². The van der Waals surface area contributed by atoms with E-state index in [2.05, 4.69) is 52.8 Å². The predicted molar refractivity (Wildman–Crippen MR) is 287 cm³/mol. The van der Waals surface area contributed by atoms with Crippen molar-refractivity contribution in [3.05, 3.63) is 0 Å². The van der Waals surface area contributed by atoms with E-state index in [-0.39, 0.29) is 51.2 Å². The number of nitrogens with zero attached hydrogens (tertiary/aromatic N) is 2. The van der Waals surface area contributed by atoms with E-state index < -0.39 is 201 Å². The van der Waals surface area contributed by atoms with Gasteiger partial charge in [0.2, 0.25) is 65.0 Å². The van der Waals surface area contributed by atoms with Crippen molar-refractivity contribution in [1.82, 2.24) is 58.1 Å². The fourth-order valence-corrected chi connectivity index (χ4v) is 7.80. The summed E-state index contributed by atoms with van der Waals surface area (Å²) < 4.78 is 0. The first-order chi connectivity index (χ1) is 39.4. The standard InChI is InChI=1S/C47H80N16O21/c1-21(37(74)56-25(11-12-33(70)71)40(77)58-27(16-34(72)73)45(82)63-15-7-10-30(63)42(79)57-26(46(83)84)9-6-14-52-47(50)51)55-31(68)17-54-43(80)35(22(2)66)61-32(69)18-53-39(76)28(19-64)59-41(78)29(20-65)60-44(81)36(23(3)67)62-38(75)24(49)8-4-5-13-48/h21-30,35-36,64-67H,4-20,48-49H2,1-3H3,(H,53,76)(H,54,80)(H,55,68)(H,56,74)(H,57,79)(H,58,77)(H,59,78)(H,60,81)(H,61,69)(H,62,75)(H,70,71)(H,72,73)(H,83,84)(H4,50,51,52)/t21-,22+,23+,24-,25-,26-,27-,28-,29-,30-,35-,36-/m0/s1. The van der Waals surface area contributed by atoms with E-state index in [1.807, 2.05) is 5.32 Å². The van der Waals surface area contributed by atoms with Crippen LogP contribution in [0.25, 0.3) is 0 Å². The Morgan fingerprint density at radius 1 is 0.571 bits per heavy atom. The van der Waals surface area contributed by atoms with Crippen LogP contribution in [-0.4, -0.2) is 248 Å². The van der Waals surface area contributed by atoms with Gasteiger partial charge in [-0.05, 0) is 72.3 Å². The molecular formula is C47H80N16O21. The molecule has 84 heavy (non-hydrogen) atoms. The number of aliphatic imine (C=N–C) groups is 1. The Balaban J connectivity index is 2.95. The summed E-state index contributed by atoms with van der Waals surface area (Å²) in [5, 5.41) is 90.3. The highest BCUT2D eigenvalue weighted by Crippen LogP contribution is 2.20. The second kappa shape index (κ2) is 37.7. The molecule has 1 aliphatic rings. The van der Waals surface area contributed by atoms with Crippen LogP contribution in [0.5, 0.6) is 0 Å². The van der Waals surface area contributed by atoms with E-state index in [0.717, 1.165) is 25.7 Å². The lowest BCUT2D eigenvalue weighted by Gasteiger charge is -2.30. The molecule has 0 aromatic heterocycles. The van der Waals surface area contributed by atoms with E-state index in [4.69, 9.17) is 22.9 Å². The Bertz CT molecular complexity index is 2360. The Morgan fingerprint density at radius 2 is 1.11 bits per heavy atom. The summed E-state index contributed by atoms with van der Waals surface area (Å²) in [6.45, 7) is -0.496. The van der Waals surface area contributed by atoms with E-state index >= 15 is 0 Å². The number of carboxylic acids is 3. The molecule has 1 saturated heterocycles. The number of unbranched alkanes of at least 4 members (excludes halogenated alkanes) is 1. The number of nitrogens with one attached hydrogen (secondary N) is 10. The van der Waals surface area contributed by atoms with E-state index in [0.29, 0.717) is 19.4 Å². The number of carbonyl (C=O) groups excluding carboxylic acids is 11. The van der Waals surface area contributed by atoms with Gasteiger partial charge in [-0.1, -0.05) is 6.42 Å². The number of aliphatic carboxylic acids is 3. The van der Waals surface area contributed by atoms with Crippen molar-refractivity contribution in [1.29, 1.82) is 0 Å². The molecule has 11 amide bonds. The van der Waals surface area contributed by atoms with Crippen LogP contribution >= 0.6 is 0 Å². The minimum Gasteiger partial charge on any atom is -0.481 e. The van der Waals surface area contributed by atoms with Crippen molar-refractivity contribution in [2.24, 2.45) is 27.9 Å². The monoisotopic (exact) mass is 1200 g/mol. The summed E-state index contributed by atoms with van der Waals surface area (Å²) in [5.41, 5.74) is 21.8. The highest BCUT2D eigenvalue weighted by molar-refractivity contribution is 5.99. The predicted octanol–water partition coefficient (Wildman–Crippen LogP) is -11.2. The van der Waals surface area contributed by atoms with E-state index in [1.54, 1.807) is 0 Å². The Morgan fingerprint density at radius 3 is 1.65 bits per heavy atom. The molecule has 0 spiro atoms. The smallest absolute Gasteiger partial charge is 0.326 e. The molecule has 0 saturated carbocycles.